The molecular formula is C28H36FN5O. The number of benzene rings is 1. The molecule has 0 unspecified atom stereocenters. The quantitative estimate of drug-likeness (QED) is 0.457. The molecule has 1 aliphatic carbocycles. The third kappa shape index (κ3) is 6.20. The first-order valence-corrected chi connectivity index (χ1v) is 12.6. The number of hydrogen-bond acceptors (Lipinski definition) is 6. The van der Waals surface area contributed by atoms with Crippen molar-refractivity contribution in [2.75, 3.05) is 19.4 Å². The fourth-order valence-electron chi connectivity index (χ4n) is 4.91. The highest BCUT2D eigenvalue weighted by Gasteiger charge is 2.23. The van der Waals surface area contributed by atoms with Gasteiger partial charge in [-0.3, -0.25) is 4.79 Å². The number of hydrogen-bond donors (Lipinski definition) is 1. The first kappa shape index (κ1) is 25.2. The number of carbonyl (C=O) groups excluding carboxylic acids is 1. The SMILES string of the molecule is Cc1cc(-c2ccc(CC(=O)CC(C)C)c(F)c2)nc2cnc(NC3CCC(N(C)C)CC3)nc12. The second-order valence-electron chi connectivity index (χ2n) is 10.5. The maximum absolute atomic E-state index is 14.8. The van der Waals surface area contributed by atoms with Crippen LogP contribution in [0.15, 0.2) is 30.5 Å². The first-order valence-electron chi connectivity index (χ1n) is 12.6. The summed E-state index contributed by atoms with van der Waals surface area (Å²) in [5.41, 5.74) is 4.20. The van der Waals surface area contributed by atoms with Gasteiger partial charge >= 0.3 is 0 Å². The fraction of sp³-hybridized carbons (Fsp3) is 0.500. The summed E-state index contributed by atoms with van der Waals surface area (Å²) >= 11 is 0. The number of aromatic nitrogens is 3. The van der Waals surface area contributed by atoms with Crippen molar-refractivity contribution in [3.05, 3.63) is 47.4 Å². The van der Waals surface area contributed by atoms with Gasteiger partial charge in [-0.05, 0) is 75.9 Å². The molecule has 0 bridgehead atoms. The van der Waals surface area contributed by atoms with Crippen LogP contribution in [0, 0.1) is 18.7 Å². The zero-order chi connectivity index (χ0) is 25.1. The lowest BCUT2D eigenvalue weighted by molar-refractivity contribution is -0.119. The number of nitrogens with one attached hydrogen (secondary N) is 1. The molecule has 35 heavy (non-hydrogen) atoms. The molecule has 0 saturated heterocycles. The molecule has 3 aromatic rings. The minimum atomic E-state index is -0.376. The molecule has 1 aromatic carbocycles. The Morgan fingerprint density at radius 2 is 1.89 bits per heavy atom. The molecule has 1 saturated carbocycles. The average molecular weight is 478 g/mol. The fourth-order valence-corrected chi connectivity index (χ4v) is 4.91. The van der Waals surface area contributed by atoms with E-state index in [-0.39, 0.29) is 23.9 Å². The van der Waals surface area contributed by atoms with Crippen molar-refractivity contribution in [1.29, 1.82) is 0 Å². The van der Waals surface area contributed by atoms with Crippen LogP contribution in [0.4, 0.5) is 10.3 Å². The van der Waals surface area contributed by atoms with Gasteiger partial charge < -0.3 is 10.2 Å². The number of nitrogens with zero attached hydrogens (tertiary/aromatic N) is 4. The molecular weight excluding hydrogens is 441 g/mol. The average Bonchev–Trinajstić information content (AvgIpc) is 2.80. The Balaban J connectivity index is 1.50. The normalized spacial score (nSPS) is 18.4. The van der Waals surface area contributed by atoms with Gasteiger partial charge in [-0.2, -0.15) is 0 Å². The molecule has 1 aliphatic rings. The third-order valence-corrected chi connectivity index (χ3v) is 6.87. The van der Waals surface area contributed by atoms with Crippen LogP contribution >= 0.6 is 0 Å². The van der Waals surface area contributed by atoms with Gasteiger partial charge in [-0.1, -0.05) is 26.0 Å². The molecule has 0 spiro atoms. The largest absolute Gasteiger partial charge is 0.351 e. The van der Waals surface area contributed by atoms with E-state index in [9.17, 15) is 9.18 Å². The highest BCUT2D eigenvalue weighted by molar-refractivity contribution is 5.83. The second kappa shape index (κ2) is 10.8. The smallest absolute Gasteiger partial charge is 0.223 e. The summed E-state index contributed by atoms with van der Waals surface area (Å²) in [7, 11) is 4.29. The third-order valence-electron chi connectivity index (χ3n) is 6.87. The molecule has 186 valence electrons. The minimum Gasteiger partial charge on any atom is -0.351 e. The predicted octanol–water partition coefficient (Wildman–Crippen LogP) is 5.58. The van der Waals surface area contributed by atoms with E-state index in [1.165, 1.54) is 18.9 Å². The van der Waals surface area contributed by atoms with Gasteiger partial charge in [0.15, 0.2) is 0 Å². The minimum absolute atomic E-state index is 0.0543. The molecule has 2 aromatic heterocycles. The zero-order valence-corrected chi connectivity index (χ0v) is 21.4. The van der Waals surface area contributed by atoms with Crippen molar-refractivity contribution in [2.45, 2.75) is 71.4 Å². The van der Waals surface area contributed by atoms with Crippen LogP contribution in [0.25, 0.3) is 22.3 Å². The van der Waals surface area contributed by atoms with Crippen molar-refractivity contribution in [3.63, 3.8) is 0 Å². The highest BCUT2D eigenvalue weighted by atomic mass is 19.1. The van der Waals surface area contributed by atoms with E-state index in [0.29, 0.717) is 46.8 Å². The molecule has 0 amide bonds. The number of aryl methyl sites for hydroxylation is 1. The van der Waals surface area contributed by atoms with E-state index in [1.807, 2.05) is 32.9 Å². The van der Waals surface area contributed by atoms with Gasteiger partial charge in [0.1, 0.15) is 17.1 Å². The van der Waals surface area contributed by atoms with Crippen LogP contribution in [0.2, 0.25) is 0 Å². The van der Waals surface area contributed by atoms with Crippen molar-refractivity contribution in [2.24, 2.45) is 5.92 Å². The lowest BCUT2D eigenvalue weighted by Gasteiger charge is -2.32. The number of fused-ring (bicyclic) bond motifs is 1. The van der Waals surface area contributed by atoms with Gasteiger partial charge in [-0.25, -0.2) is 19.3 Å². The summed E-state index contributed by atoms with van der Waals surface area (Å²) in [5.74, 6) is 0.577. The molecule has 0 aliphatic heterocycles. The molecule has 6 nitrogen and oxygen atoms in total. The number of ketones is 1. The Kier molecular flexibility index (Phi) is 7.75. The van der Waals surface area contributed by atoms with Crippen LogP contribution in [0.1, 0.15) is 57.1 Å². The summed E-state index contributed by atoms with van der Waals surface area (Å²) in [6.45, 7) is 5.97. The van der Waals surface area contributed by atoms with Gasteiger partial charge in [-0.15, -0.1) is 0 Å². The Morgan fingerprint density at radius 3 is 2.54 bits per heavy atom. The molecule has 2 heterocycles. The second-order valence-corrected chi connectivity index (χ2v) is 10.5. The Hall–Kier alpha value is -2.93. The molecule has 1 N–H and O–H groups in total. The lowest BCUT2D eigenvalue weighted by atomic mass is 9.91. The van der Waals surface area contributed by atoms with E-state index in [1.54, 1.807) is 12.3 Å². The topological polar surface area (TPSA) is 71.0 Å². The molecule has 7 heteroatoms. The monoisotopic (exact) mass is 477 g/mol. The number of rotatable bonds is 8. The van der Waals surface area contributed by atoms with Crippen LogP contribution in [-0.2, 0) is 11.2 Å². The molecule has 0 atom stereocenters. The highest BCUT2D eigenvalue weighted by Crippen LogP contribution is 2.27. The number of pyridine rings is 1. The van der Waals surface area contributed by atoms with E-state index in [0.717, 1.165) is 23.9 Å². The van der Waals surface area contributed by atoms with E-state index >= 15 is 0 Å². The number of anilines is 1. The standard InChI is InChI=1S/C28H36FN5O/c1-17(2)12-23(35)14-19-6-7-20(15-24(19)29)25-13-18(3)27-26(32-25)16-30-28(33-27)31-21-8-10-22(11-9-21)34(4)5/h6-7,13,15-17,21-22H,8-12,14H2,1-5H3,(H,30,31,33). The van der Waals surface area contributed by atoms with Crippen LogP contribution in [0.3, 0.4) is 0 Å². The van der Waals surface area contributed by atoms with Crippen molar-refractivity contribution in [3.8, 4) is 11.3 Å². The van der Waals surface area contributed by atoms with Crippen LogP contribution < -0.4 is 5.32 Å². The van der Waals surface area contributed by atoms with Crippen molar-refractivity contribution in [1.82, 2.24) is 19.9 Å². The number of halogens is 1. The van der Waals surface area contributed by atoms with E-state index in [4.69, 9.17) is 9.97 Å². The molecule has 1 fully saturated rings. The Morgan fingerprint density at radius 1 is 1.14 bits per heavy atom. The van der Waals surface area contributed by atoms with Gasteiger partial charge in [0.25, 0.3) is 0 Å². The maximum Gasteiger partial charge on any atom is 0.223 e. The van der Waals surface area contributed by atoms with Crippen molar-refractivity contribution >= 4 is 22.8 Å². The van der Waals surface area contributed by atoms with E-state index in [2.05, 4.69) is 29.3 Å². The number of Topliss-reactive ketones (excluding diaryl/α,β-unsaturated/α-hetero) is 1. The lowest BCUT2D eigenvalue weighted by Crippen LogP contribution is -2.36. The summed E-state index contributed by atoms with van der Waals surface area (Å²) in [4.78, 5) is 28.4. The predicted molar refractivity (Wildman–Crippen MR) is 139 cm³/mol. The van der Waals surface area contributed by atoms with E-state index < -0.39 is 0 Å². The van der Waals surface area contributed by atoms with Gasteiger partial charge in [0.2, 0.25) is 5.95 Å². The van der Waals surface area contributed by atoms with Crippen LogP contribution in [-0.4, -0.2) is 51.8 Å². The summed E-state index contributed by atoms with van der Waals surface area (Å²) in [5, 5.41) is 3.50. The summed E-state index contributed by atoms with van der Waals surface area (Å²) in [6.07, 6.45) is 6.86. The van der Waals surface area contributed by atoms with Crippen molar-refractivity contribution < 1.29 is 9.18 Å². The Bertz CT molecular complexity index is 1200. The summed E-state index contributed by atoms with van der Waals surface area (Å²) in [6, 6.07) is 7.94. The molecule has 4 rings (SSSR count). The zero-order valence-electron chi connectivity index (χ0n) is 21.4. The first-order chi connectivity index (χ1) is 16.7. The number of carbonyl (C=O) groups is 1. The summed E-state index contributed by atoms with van der Waals surface area (Å²) < 4.78 is 14.8. The van der Waals surface area contributed by atoms with Crippen LogP contribution in [0.5, 0.6) is 0 Å². The van der Waals surface area contributed by atoms with Gasteiger partial charge in [0, 0.05) is 30.5 Å². The van der Waals surface area contributed by atoms with Gasteiger partial charge in [0.05, 0.1) is 17.4 Å². The molecule has 0 radical (unpaired) electrons. The maximum atomic E-state index is 14.8. The Labute approximate surface area is 207 Å².